The molecule has 4 aromatic carbocycles. The number of allylic oxidation sites excluding steroid dienone is 2. The molecule has 58 heavy (non-hydrogen) atoms. The van der Waals surface area contributed by atoms with E-state index in [1.807, 2.05) is 42.5 Å². The fourth-order valence-electron chi connectivity index (χ4n) is 9.32. The van der Waals surface area contributed by atoms with E-state index >= 15 is 4.79 Å². The van der Waals surface area contributed by atoms with Crippen molar-refractivity contribution >= 4 is 23.6 Å². The summed E-state index contributed by atoms with van der Waals surface area (Å²) in [7, 11) is 1.77. The second-order valence-electron chi connectivity index (χ2n) is 15.9. The molecule has 2 fully saturated rings. The van der Waals surface area contributed by atoms with Crippen LogP contribution in [0.3, 0.4) is 0 Å². The first-order valence-electron chi connectivity index (χ1n) is 20.4. The first-order valence-corrected chi connectivity index (χ1v) is 20.4. The van der Waals surface area contributed by atoms with Gasteiger partial charge in [-0.05, 0) is 95.6 Å². The van der Waals surface area contributed by atoms with Crippen molar-refractivity contribution in [2.45, 2.75) is 44.4 Å². The second kappa shape index (κ2) is 16.2. The Kier molecular flexibility index (Phi) is 10.5. The van der Waals surface area contributed by atoms with Crippen molar-refractivity contribution < 1.29 is 29.0 Å². The molecule has 5 aliphatic heterocycles. The number of rotatable bonds is 7. The van der Waals surface area contributed by atoms with E-state index in [1.54, 1.807) is 53.2 Å². The van der Waals surface area contributed by atoms with Gasteiger partial charge in [0.2, 0.25) is 5.91 Å². The van der Waals surface area contributed by atoms with Gasteiger partial charge in [0.25, 0.3) is 5.91 Å². The van der Waals surface area contributed by atoms with Crippen molar-refractivity contribution in [1.82, 2.24) is 19.6 Å². The summed E-state index contributed by atoms with van der Waals surface area (Å²) in [4.78, 5) is 53.5. The van der Waals surface area contributed by atoms with Crippen LogP contribution in [0.5, 0.6) is 11.5 Å². The van der Waals surface area contributed by atoms with Crippen LogP contribution in [-0.4, -0.2) is 102 Å². The summed E-state index contributed by atoms with van der Waals surface area (Å²) in [6, 6.07) is 28.1. The fourth-order valence-corrected chi connectivity index (χ4v) is 9.32. The number of carbonyl (C=O) groups excluding carboxylic acids is 3. The number of anilines is 1. The number of hydrogen-bond acceptors (Lipinski definition) is 8. The maximum Gasteiger partial charge on any atom is 0.415 e. The number of ether oxygens (including phenoxy) is 2. The molecule has 5 heterocycles. The quantitative estimate of drug-likeness (QED) is 0.232. The SMILES string of the molecule is CN(C(=O)C1CC(c2cc3c(cc2C(=O)N2Cc4ccccc4C[C@H]2CN2CCOCC2)CN(C(=O)Oc2ccccc2)CC3)N2CC=CC=C12)c1ccc(O)cc1. The molecule has 0 radical (unpaired) electrons. The summed E-state index contributed by atoms with van der Waals surface area (Å²) in [5.41, 5.74) is 7.61. The van der Waals surface area contributed by atoms with E-state index in [0.717, 1.165) is 54.0 Å². The van der Waals surface area contributed by atoms with Crippen LogP contribution >= 0.6 is 0 Å². The molecule has 3 atom stereocenters. The zero-order valence-corrected chi connectivity index (χ0v) is 32.8. The highest BCUT2D eigenvalue weighted by Gasteiger charge is 2.44. The average Bonchev–Trinajstić information content (AvgIpc) is 3.65. The minimum atomic E-state index is -0.438. The number of amides is 3. The summed E-state index contributed by atoms with van der Waals surface area (Å²) < 4.78 is 11.4. The third-order valence-electron chi connectivity index (χ3n) is 12.5. The predicted octanol–water partition coefficient (Wildman–Crippen LogP) is 6.33. The molecule has 4 aromatic rings. The smallest absolute Gasteiger partial charge is 0.415 e. The zero-order chi connectivity index (χ0) is 39.8. The number of para-hydroxylation sites is 1. The summed E-state index contributed by atoms with van der Waals surface area (Å²) in [5.74, 6) is 0.107. The van der Waals surface area contributed by atoms with Gasteiger partial charge in [0, 0.05) is 75.9 Å². The third-order valence-corrected chi connectivity index (χ3v) is 12.5. The van der Waals surface area contributed by atoms with Gasteiger partial charge in [-0.25, -0.2) is 4.79 Å². The van der Waals surface area contributed by atoms with Gasteiger partial charge in [-0.1, -0.05) is 60.7 Å². The Morgan fingerprint density at radius 3 is 2.41 bits per heavy atom. The van der Waals surface area contributed by atoms with Crippen LogP contribution in [0.2, 0.25) is 0 Å². The maximum absolute atomic E-state index is 15.5. The number of phenols is 1. The molecular formula is C47H49N5O6. The van der Waals surface area contributed by atoms with Gasteiger partial charge in [0.05, 0.1) is 25.2 Å². The highest BCUT2D eigenvalue weighted by atomic mass is 16.6. The van der Waals surface area contributed by atoms with Gasteiger partial charge >= 0.3 is 6.09 Å². The van der Waals surface area contributed by atoms with Crippen molar-refractivity contribution in [3.05, 3.63) is 148 Å². The molecule has 0 bridgehead atoms. The lowest BCUT2D eigenvalue weighted by atomic mass is 9.87. The van der Waals surface area contributed by atoms with Crippen LogP contribution in [0.15, 0.2) is 115 Å². The number of phenolic OH excluding ortho intramolecular Hbond substituents is 1. The van der Waals surface area contributed by atoms with Crippen molar-refractivity contribution in [2.24, 2.45) is 5.92 Å². The van der Waals surface area contributed by atoms with Crippen LogP contribution in [0.1, 0.15) is 50.6 Å². The van der Waals surface area contributed by atoms with E-state index in [2.05, 4.69) is 45.0 Å². The molecule has 0 spiro atoms. The summed E-state index contributed by atoms with van der Waals surface area (Å²) in [6.45, 7) is 5.67. The lowest BCUT2D eigenvalue weighted by Crippen LogP contribution is -2.52. The molecule has 2 unspecified atom stereocenters. The molecule has 1 N–H and O–H groups in total. The normalized spacial score (nSPS) is 21.4. The van der Waals surface area contributed by atoms with Crippen molar-refractivity contribution in [3.63, 3.8) is 0 Å². The number of hydrogen-bond donors (Lipinski definition) is 1. The maximum atomic E-state index is 15.5. The molecule has 298 valence electrons. The molecule has 0 saturated carbocycles. The number of carbonyl (C=O) groups is 3. The largest absolute Gasteiger partial charge is 0.508 e. The Morgan fingerprint density at radius 2 is 1.62 bits per heavy atom. The van der Waals surface area contributed by atoms with Crippen LogP contribution in [0, 0.1) is 5.92 Å². The van der Waals surface area contributed by atoms with E-state index in [1.165, 1.54) is 5.56 Å². The van der Waals surface area contributed by atoms with Gasteiger partial charge in [0.1, 0.15) is 11.5 Å². The Morgan fingerprint density at radius 1 is 0.862 bits per heavy atom. The minimum Gasteiger partial charge on any atom is -0.508 e. The molecule has 2 saturated heterocycles. The number of morpholine rings is 1. The van der Waals surface area contributed by atoms with Crippen molar-refractivity contribution in [2.75, 3.05) is 57.9 Å². The zero-order valence-electron chi connectivity index (χ0n) is 32.8. The Labute approximate surface area is 339 Å². The Bertz CT molecular complexity index is 2250. The monoisotopic (exact) mass is 779 g/mol. The Balaban J connectivity index is 1.09. The average molecular weight is 780 g/mol. The van der Waals surface area contributed by atoms with E-state index in [0.29, 0.717) is 69.2 Å². The lowest BCUT2D eigenvalue weighted by molar-refractivity contribution is -0.121. The van der Waals surface area contributed by atoms with E-state index in [4.69, 9.17) is 9.47 Å². The number of fused-ring (bicyclic) bond motifs is 3. The molecule has 11 nitrogen and oxygen atoms in total. The number of benzene rings is 4. The molecule has 0 aliphatic carbocycles. The molecule has 3 amide bonds. The van der Waals surface area contributed by atoms with Gasteiger partial charge in [-0.2, -0.15) is 0 Å². The second-order valence-corrected chi connectivity index (χ2v) is 15.9. The van der Waals surface area contributed by atoms with Gasteiger partial charge in [0.15, 0.2) is 0 Å². The van der Waals surface area contributed by atoms with Crippen molar-refractivity contribution in [3.8, 4) is 11.5 Å². The van der Waals surface area contributed by atoms with Gasteiger partial charge in [-0.15, -0.1) is 0 Å². The van der Waals surface area contributed by atoms with Crippen LogP contribution < -0.4 is 9.64 Å². The van der Waals surface area contributed by atoms with Gasteiger partial charge in [-0.3, -0.25) is 14.5 Å². The minimum absolute atomic E-state index is 0.0383. The molecule has 5 aliphatic rings. The standard InChI is InChI=1S/C47H49N5O6/c1-48(36-14-16-38(53)17-15-36)45(54)42-28-44(51-19-8-7-13-43(42)51)40-26-33-18-20-50(47(56)58-39-11-3-2-4-12-39)29-35(33)27-41(40)46(55)52-30-34-10-6-5-9-32(34)25-37(52)31-49-21-23-57-24-22-49/h2-17,26-27,37,42,44,53H,18-25,28-31H2,1H3/t37-,42?,44?/m0/s1. The van der Waals surface area contributed by atoms with Gasteiger partial charge < -0.3 is 34.2 Å². The van der Waals surface area contributed by atoms with E-state index < -0.39 is 12.0 Å². The topological polar surface area (TPSA) is 106 Å². The summed E-state index contributed by atoms with van der Waals surface area (Å²) in [6.07, 6.45) is 7.60. The molecular weight excluding hydrogens is 731 g/mol. The van der Waals surface area contributed by atoms with Crippen molar-refractivity contribution in [1.29, 1.82) is 0 Å². The highest BCUT2D eigenvalue weighted by Crippen LogP contribution is 2.47. The third kappa shape index (κ3) is 7.47. The molecule has 11 heteroatoms. The first-order chi connectivity index (χ1) is 28.3. The van der Waals surface area contributed by atoms with Crippen LogP contribution in [0.4, 0.5) is 10.5 Å². The van der Waals surface area contributed by atoms with Crippen LogP contribution in [-0.2, 0) is 35.5 Å². The number of aromatic hydroxyl groups is 1. The molecule has 9 rings (SSSR count). The first kappa shape index (κ1) is 37.7. The summed E-state index contributed by atoms with van der Waals surface area (Å²) >= 11 is 0. The molecule has 0 aromatic heterocycles. The predicted molar refractivity (Wildman–Crippen MR) is 220 cm³/mol. The Hall–Kier alpha value is -5.91. The number of nitrogens with zero attached hydrogens (tertiary/aromatic N) is 5. The fraction of sp³-hybridized carbons (Fsp3) is 0.340. The highest BCUT2D eigenvalue weighted by molar-refractivity contribution is 5.98. The van der Waals surface area contributed by atoms with E-state index in [-0.39, 0.29) is 29.6 Å². The van der Waals surface area contributed by atoms with Crippen LogP contribution in [0.25, 0.3) is 0 Å². The summed E-state index contributed by atoms with van der Waals surface area (Å²) in [5, 5.41) is 9.91. The van der Waals surface area contributed by atoms with E-state index in [9.17, 15) is 14.7 Å². The lowest BCUT2D eigenvalue weighted by Gasteiger charge is -2.41.